The van der Waals surface area contributed by atoms with E-state index in [1.807, 2.05) is 41.8 Å². The smallest absolute Gasteiger partial charge is 0.257 e. The highest BCUT2D eigenvalue weighted by Crippen LogP contribution is 2.21. The number of anilines is 2. The van der Waals surface area contributed by atoms with Crippen molar-refractivity contribution in [2.75, 3.05) is 17.2 Å². The number of hydrogen-bond donors (Lipinski definition) is 3. The van der Waals surface area contributed by atoms with Gasteiger partial charge in [0.1, 0.15) is 0 Å². The highest BCUT2D eigenvalue weighted by Gasteiger charge is 2.09. The number of aliphatic hydroxyl groups is 1. The van der Waals surface area contributed by atoms with E-state index in [2.05, 4.69) is 15.6 Å². The molecule has 0 fully saturated rings. The lowest BCUT2D eigenvalue weighted by Crippen LogP contribution is -2.12. The van der Waals surface area contributed by atoms with Crippen molar-refractivity contribution in [3.63, 3.8) is 0 Å². The lowest BCUT2D eigenvalue weighted by Gasteiger charge is -2.09. The molecule has 0 bridgehead atoms. The van der Waals surface area contributed by atoms with Crippen LogP contribution in [0.1, 0.15) is 21.6 Å². The van der Waals surface area contributed by atoms with E-state index in [1.54, 1.807) is 12.1 Å². The molecule has 7 heteroatoms. The van der Waals surface area contributed by atoms with E-state index in [0.717, 1.165) is 16.9 Å². The van der Waals surface area contributed by atoms with Crippen LogP contribution in [0.5, 0.6) is 0 Å². The Kier molecular flexibility index (Phi) is 6.22. The zero-order chi connectivity index (χ0) is 18.4. The highest BCUT2D eigenvalue weighted by molar-refractivity contribution is 7.14. The van der Waals surface area contributed by atoms with E-state index in [4.69, 9.17) is 16.7 Å². The number of thiazole rings is 1. The lowest BCUT2D eigenvalue weighted by molar-refractivity contribution is 0.102. The van der Waals surface area contributed by atoms with Crippen molar-refractivity contribution in [3.8, 4) is 0 Å². The fourth-order valence-electron chi connectivity index (χ4n) is 2.34. The molecular formula is C19H18ClN3O2S. The number of hydrogen-bond acceptors (Lipinski definition) is 5. The van der Waals surface area contributed by atoms with E-state index >= 15 is 0 Å². The van der Waals surface area contributed by atoms with Crippen LogP contribution in [0.4, 0.5) is 10.8 Å². The number of nitrogens with one attached hydrogen (secondary N) is 2. The van der Waals surface area contributed by atoms with Crippen LogP contribution in [-0.4, -0.2) is 22.6 Å². The van der Waals surface area contributed by atoms with Gasteiger partial charge in [-0.15, -0.1) is 11.3 Å². The fraction of sp³-hybridized carbons (Fsp3) is 0.158. The number of benzene rings is 2. The Morgan fingerprint density at radius 1 is 1.15 bits per heavy atom. The van der Waals surface area contributed by atoms with Gasteiger partial charge in [0.05, 0.1) is 16.4 Å². The van der Waals surface area contributed by atoms with Crippen molar-refractivity contribution in [2.24, 2.45) is 0 Å². The van der Waals surface area contributed by atoms with Gasteiger partial charge < -0.3 is 10.4 Å². The Labute approximate surface area is 160 Å². The molecule has 0 aliphatic rings. The molecule has 26 heavy (non-hydrogen) atoms. The molecule has 0 radical (unpaired) electrons. The normalized spacial score (nSPS) is 10.5. The summed E-state index contributed by atoms with van der Waals surface area (Å²) in [6.07, 6.45) is 0.486. The summed E-state index contributed by atoms with van der Waals surface area (Å²) >= 11 is 7.47. The molecule has 0 saturated carbocycles. The van der Waals surface area contributed by atoms with Crippen LogP contribution >= 0.6 is 22.9 Å². The van der Waals surface area contributed by atoms with Crippen molar-refractivity contribution in [2.45, 2.75) is 13.0 Å². The number of halogens is 1. The van der Waals surface area contributed by atoms with E-state index in [9.17, 15) is 4.79 Å². The summed E-state index contributed by atoms with van der Waals surface area (Å²) < 4.78 is 0. The monoisotopic (exact) mass is 387 g/mol. The number of amides is 1. The summed E-state index contributed by atoms with van der Waals surface area (Å²) in [4.78, 5) is 16.5. The molecule has 2 aromatic carbocycles. The molecule has 0 aliphatic heterocycles. The van der Waals surface area contributed by atoms with E-state index in [0.29, 0.717) is 28.7 Å². The quantitative estimate of drug-likeness (QED) is 0.568. The maximum Gasteiger partial charge on any atom is 0.257 e. The topological polar surface area (TPSA) is 74.2 Å². The zero-order valence-corrected chi connectivity index (χ0v) is 15.5. The molecule has 1 amide bonds. The summed E-state index contributed by atoms with van der Waals surface area (Å²) in [6.45, 7) is 0.656. The number of aromatic nitrogens is 1. The largest absolute Gasteiger partial charge is 0.396 e. The van der Waals surface area contributed by atoms with E-state index in [-0.39, 0.29) is 12.5 Å². The third kappa shape index (κ3) is 4.82. The molecule has 0 unspecified atom stereocenters. The third-order valence-electron chi connectivity index (χ3n) is 3.71. The third-order valence-corrected chi connectivity index (χ3v) is 4.85. The Hall–Kier alpha value is -2.41. The number of rotatable bonds is 7. The zero-order valence-electron chi connectivity index (χ0n) is 13.9. The second kappa shape index (κ2) is 8.80. The molecule has 134 valence electrons. The molecule has 5 nitrogen and oxygen atoms in total. The summed E-state index contributed by atoms with van der Waals surface area (Å²) in [5.41, 5.74) is 3.25. The minimum Gasteiger partial charge on any atom is -0.396 e. The molecular weight excluding hydrogens is 370 g/mol. The highest BCUT2D eigenvalue weighted by atomic mass is 35.5. The molecule has 1 aromatic heterocycles. The molecule has 3 aromatic rings. The SMILES string of the molecule is O=C(Nc1nc(CCO)cs1)c1ccc(CNc2ccccc2Cl)cc1. The van der Waals surface area contributed by atoms with Crippen molar-refractivity contribution in [1.82, 2.24) is 4.98 Å². The molecule has 0 saturated heterocycles. The van der Waals surface area contributed by atoms with Gasteiger partial charge in [0.25, 0.3) is 5.91 Å². The van der Waals surface area contributed by atoms with Gasteiger partial charge in [0.2, 0.25) is 0 Å². The predicted molar refractivity (Wildman–Crippen MR) is 106 cm³/mol. The van der Waals surface area contributed by atoms with Crippen LogP contribution in [-0.2, 0) is 13.0 Å². The lowest BCUT2D eigenvalue weighted by atomic mass is 10.1. The molecule has 0 aliphatic carbocycles. The number of aliphatic hydroxyl groups excluding tert-OH is 1. The standard InChI is InChI=1S/C19H18ClN3O2S/c20-16-3-1-2-4-17(16)21-11-13-5-7-14(8-6-13)18(25)23-19-22-15(9-10-24)12-26-19/h1-8,12,21,24H,9-11H2,(H,22,23,25). The van der Waals surface area contributed by atoms with E-state index in [1.165, 1.54) is 11.3 Å². The van der Waals surface area contributed by atoms with Crippen molar-refractivity contribution < 1.29 is 9.90 Å². The summed E-state index contributed by atoms with van der Waals surface area (Å²) in [5, 5.41) is 18.0. The van der Waals surface area contributed by atoms with Gasteiger partial charge in [-0.1, -0.05) is 35.9 Å². The van der Waals surface area contributed by atoms with Crippen molar-refractivity contribution in [3.05, 3.63) is 75.8 Å². The molecule has 1 heterocycles. The molecule has 0 atom stereocenters. The van der Waals surface area contributed by atoms with Gasteiger partial charge in [0.15, 0.2) is 5.13 Å². The molecule has 3 N–H and O–H groups in total. The Balaban J connectivity index is 1.57. The molecule has 0 spiro atoms. The van der Waals surface area contributed by atoms with Crippen LogP contribution in [0.15, 0.2) is 53.9 Å². The maximum absolute atomic E-state index is 12.3. The summed E-state index contributed by atoms with van der Waals surface area (Å²) in [6, 6.07) is 14.9. The van der Waals surface area contributed by atoms with Crippen molar-refractivity contribution >= 4 is 39.7 Å². The maximum atomic E-state index is 12.3. The Bertz CT molecular complexity index is 881. The number of para-hydroxylation sites is 1. The van der Waals surface area contributed by atoms with Gasteiger partial charge in [-0.25, -0.2) is 4.98 Å². The number of carbonyl (C=O) groups is 1. The van der Waals surface area contributed by atoms with Gasteiger partial charge >= 0.3 is 0 Å². The first-order chi connectivity index (χ1) is 12.7. The van der Waals surface area contributed by atoms with Crippen LogP contribution in [0.3, 0.4) is 0 Å². The first-order valence-corrected chi connectivity index (χ1v) is 9.35. The first-order valence-electron chi connectivity index (χ1n) is 8.09. The average molecular weight is 388 g/mol. The minimum atomic E-state index is -0.208. The van der Waals surface area contributed by atoms with Crippen LogP contribution in [0.2, 0.25) is 5.02 Å². The Morgan fingerprint density at radius 3 is 2.65 bits per heavy atom. The number of carbonyl (C=O) groups excluding carboxylic acids is 1. The van der Waals surface area contributed by atoms with Gasteiger partial charge in [-0.05, 0) is 29.8 Å². The minimum absolute atomic E-state index is 0.0425. The van der Waals surface area contributed by atoms with Crippen LogP contribution < -0.4 is 10.6 Å². The second-order valence-corrected chi connectivity index (χ2v) is 6.87. The van der Waals surface area contributed by atoms with Crippen LogP contribution in [0.25, 0.3) is 0 Å². The molecule has 3 rings (SSSR count). The van der Waals surface area contributed by atoms with Crippen LogP contribution in [0, 0.1) is 0 Å². The second-order valence-electron chi connectivity index (χ2n) is 5.60. The van der Waals surface area contributed by atoms with E-state index < -0.39 is 0 Å². The number of nitrogens with zero attached hydrogens (tertiary/aromatic N) is 1. The average Bonchev–Trinajstić information content (AvgIpc) is 3.09. The van der Waals surface area contributed by atoms with Gasteiger partial charge in [-0.2, -0.15) is 0 Å². The van der Waals surface area contributed by atoms with Gasteiger partial charge in [-0.3, -0.25) is 10.1 Å². The predicted octanol–water partition coefficient (Wildman–Crippen LogP) is 4.20. The van der Waals surface area contributed by atoms with Crippen molar-refractivity contribution in [1.29, 1.82) is 0 Å². The Morgan fingerprint density at radius 2 is 1.92 bits per heavy atom. The first kappa shape index (κ1) is 18.4. The van der Waals surface area contributed by atoms with Gasteiger partial charge in [0, 0.05) is 30.5 Å². The fourth-order valence-corrected chi connectivity index (χ4v) is 3.28. The summed E-state index contributed by atoms with van der Waals surface area (Å²) in [7, 11) is 0. The summed E-state index contributed by atoms with van der Waals surface area (Å²) in [5.74, 6) is -0.208.